The Morgan fingerprint density at radius 2 is 2.00 bits per heavy atom. The number of para-hydroxylation sites is 2. The number of anilines is 1. The number of carbonyl (C=O) groups is 1. The third-order valence-electron chi connectivity index (χ3n) is 4.08. The van der Waals surface area contributed by atoms with Gasteiger partial charge in [-0.3, -0.25) is 19.5 Å². The fraction of sp³-hybridized carbons (Fsp3) is 0.150. The summed E-state index contributed by atoms with van der Waals surface area (Å²) in [5.41, 5.74) is 0.841. The van der Waals surface area contributed by atoms with E-state index >= 15 is 0 Å². The van der Waals surface area contributed by atoms with Gasteiger partial charge in [0.1, 0.15) is 11.4 Å². The summed E-state index contributed by atoms with van der Waals surface area (Å²) in [5.74, 6) is 1.01. The fourth-order valence-electron chi connectivity index (χ4n) is 2.70. The molecule has 9 nitrogen and oxygen atoms in total. The van der Waals surface area contributed by atoms with Gasteiger partial charge in [0.15, 0.2) is 11.0 Å². The molecule has 0 spiro atoms. The van der Waals surface area contributed by atoms with Gasteiger partial charge in [-0.15, -0.1) is 16.8 Å². The Kier molecular flexibility index (Phi) is 6.81. The van der Waals surface area contributed by atoms with E-state index in [1.54, 1.807) is 25.3 Å². The highest BCUT2D eigenvalue weighted by atomic mass is 32.2. The summed E-state index contributed by atoms with van der Waals surface area (Å²) in [4.78, 5) is 22.9. The number of aromatic nitrogens is 3. The van der Waals surface area contributed by atoms with Crippen LogP contribution in [0.3, 0.4) is 0 Å². The molecular formula is C20H19N5O4S. The molecule has 0 unspecified atom stereocenters. The lowest BCUT2D eigenvalue weighted by atomic mass is 10.2. The monoisotopic (exact) mass is 425 g/mol. The SMILES string of the molecule is C=CCn1c(SCC(=O)Nc2ccccc2[N+](=O)[O-])nnc1-c1ccc(OC)cc1. The van der Waals surface area contributed by atoms with E-state index in [9.17, 15) is 14.9 Å². The van der Waals surface area contributed by atoms with Crippen LogP contribution in [0.4, 0.5) is 11.4 Å². The maximum atomic E-state index is 12.3. The number of amides is 1. The van der Waals surface area contributed by atoms with Crippen molar-refractivity contribution in [3.05, 3.63) is 71.3 Å². The number of carbonyl (C=O) groups excluding carboxylic acids is 1. The van der Waals surface area contributed by atoms with Crippen molar-refractivity contribution >= 4 is 29.0 Å². The highest BCUT2D eigenvalue weighted by Gasteiger charge is 2.17. The second-order valence-electron chi connectivity index (χ2n) is 6.05. The van der Waals surface area contributed by atoms with Gasteiger partial charge in [0, 0.05) is 18.2 Å². The molecular weight excluding hydrogens is 406 g/mol. The highest BCUT2D eigenvalue weighted by molar-refractivity contribution is 7.99. The standard InChI is InChI=1S/C20H19N5O4S/c1-3-12-24-19(14-8-10-15(29-2)11-9-14)22-23-20(24)30-13-18(26)21-16-6-4-5-7-17(16)25(27)28/h3-11H,1,12-13H2,2H3,(H,21,26). The first kappa shape index (κ1) is 21.1. The van der Waals surface area contributed by atoms with Crippen molar-refractivity contribution in [3.8, 4) is 17.1 Å². The molecule has 0 saturated heterocycles. The lowest BCUT2D eigenvalue weighted by Crippen LogP contribution is -2.15. The van der Waals surface area contributed by atoms with Crippen LogP contribution in [0.5, 0.6) is 5.75 Å². The summed E-state index contributed by atoms with van der Waals surface area (Å²) in [6.45, 7) is 4.23. The molecule has 10 heteroatoms. The maximum absolute atomic E-state index is 12.3. The lowest BCUT2D eigenvalue weighted by Gasteiger charge is -2.09. The number of nitrogens with zero attached hydrogens (tertiary/aromatic N) is 4. The Labute approximate surface area is 176 Å². The van der Waals surface area contributed by atoms with E-state index in [1.165, 1.54) is 23.9 Å². The number of nitrogens with one attached hydrogen (secondary N) is 1. The average molecular weight is 425 g/mol. The molecule has 0 bridgehead atoms. The zero-order valence-electron chi connectivity index (χ0n) is 16.1. The second kappa shape index (κ2) is 9.70. The highest BCUT2D eigenvalue weighted by Crippen LogP contribution is 2.27. The molecule has 1 amide bonds. The van der Waals surface area contributed by atoms with Crippen molar-refractivity contribution in [1.29, 1.82) is 0 Å². The van der Waals surface area contributed by atoms with E-state index < -0.39 is 4.92 Å². The Balaban J connectivity index is 1.73. The normalized spacial score (nSPS) is 10.4. The van der Waals surface area contributed by atoms with E-state index in [-0.39, 0.29) is 23.0 Å². The third-order valence-corrected chi connectivity index (χ3v) is 5.05. The Morgan fingerprint density at radius 1 is 1.27 bits per heavy atom. The van der Waals surface area contributed by atoms with Crippen molar-refractivity contribution < 1.29 is 14.5 Å². The number of methoxy groups -OCH3 is 1. The molecule has 1 heterocycles. The van der Waals surface area contributed by atoms with Crippen molar-refractivity contribution in [1.82, 2.24) is 14.8 Å². The zero-order valence-corrected chi connectivity index (χ0v) is 17.0. The number of hydrogen-bond acceptors (Lipinski definition) is 7. The Bertz CT molecular complexity index is 1070. The van der Waals surface area contributed by atoms with Crippen LogP contribution in [0, 0.1) is 10.1 Å². The van der Waals surface area contributed by atoms with Crippen molar-refractivity contribution in [2.75, 3.05) is 18.2 Å². The number of thioether (sulfide) groups is 1. The van der Waals surface area contributed by atoms with Gasteiger partial charge in [-0.25, -0.2) is 0 Å². The van der Waals surface area contributed by atoms with Gasteiger partial charge in [-0.2, -0.15) is 0 Å². The molecule has 0 fully saturated rings. The molecule has 30 heavy (non-hydrogen) atoms. The van der Waals surface area contributed by atoms with E-state index in [0.29, 0.717) is 17.5 Å². The number of hydrogen-bond donors (Lipinski definition) is 1. The predicted molar refractivity (Wildman–Crippen MR) is 115 cm³/mol. The topological polar surface area (TPSA) is 112 Å². The number of benzene rings is 2. The average Bonchev–Trinajstić information content (AvgIpc) is 3.15. The molecule has 0 atom stereocenters. The third kappa shape index (κ3) is 4.84. The minimum absolute atomic E-state index is 0.0178. The Morgan fingerprint density at radius 3 is 2.67 bits per heavy atom. The molecule has 1 aromatic heterocycles. The smallest absolute Gasteiger partial charge is 0.292 e. The number of nitro groups is 1. The van der Waals surface area contributed by atoms with E-state index in [4.69, 9.17) is 4.74 Å². The molecule has 0 aliphatic rings. The van der Waals surface area contributed by atoms with Crippen LogP contribution in [0.2, 0.25) is 0 Å². The van der Waals surface area contributed by atoms with Crippen LogP contribution in [0.15, 0.2) is 66.3 Å². The van der Waals surface area contributed by atoms with Crippen LogP contribution in [-0.4, -0.2) is 38.5 Å². The van der Waals surface area contributed by atoms with Crippen LogP contribution < -0.4 is 10.1 Å². The van der Waals surface area contributed by atoms with Gasteiger partial charge in [0.05, 0.1) is 17.8 Å². The molecule has 154 valence electrons. The molecule has 3 aromatic rings. The summed E-state index contributed by atoms with van der Waals surface area (Å²) in [5, 5.41) is 22.6. The minimum atomic E-state index is -0.537. The first-order valence-electron chi connectivity index (χ1n) is 8.88. The number of rotatable bonds is 9. The molecule has 0 saturated carbocycles. The first-order chi connectivity index (χ1) is 14.5. The van der Waals surface area contributed by atoms with Gasteiger partial charge in [-0.05, 0) is 30.3 Å². The van der Waals surface area contributed by atoms with Crippen molar-refractivity contribution in [2.45, 2.75) is 11.7 Å². The predicted octanol–water partition coefficient (Wildman–Crippen LogP) is 3.78. The van der Waals surface area contributed by atoms with Crippen LogP contribution in [0.25, 0.3) is 11.4 Å². The largest absolute Gasteiger partial charge is 0.497 e. The summed E-state index contributed by atoms with van der Waals surface area (Å²) < 4.78 is 7.02. The van der Waals surface area contributed by atoms with E-state index in [0.717, 1.165) is 11.3 Å². The number of ether oxygens (including phenoxy) is 1. The molecule has 0 aliphatic heterocycles. The summed E-state index contributed by atoms with van der Waals surface area (Å²) in [7, 11) is 1.60. The zero-order chi connectivity index (χ0) is 21.5. The molecule has 0 radical (unpaired) electrons. The van der Waals surface area contributed by atoms with Gasteiger partial charge < -0.3 is 10.1 Å². The quantitative estimate of drug-likeness (QED) is 0.240. The van der Waals surface area contributed by atoms with E-state index in [2.05, 4.69) is 22.1 Å². The maximum Gasteiger partial charge on any atom is 0.292 e. The van der Waals surface area contributed by atoms with Crippen molar-refractivity contribution in [2.24, 2.45) is 0 Å². The summed E-state index contributed by atoms with van der Waals surface area (Å²) >= 11 is 1.19. The fourth-order valence-corrected chi connectivity index (χ4v) is 3.45. The van der Waals surface area contributed by atoms with Gasteiger partial charge in [-0.1, -0.05) is 30.0 Å². The summed E-state index contributed by atoms with van der Waals surface area (Å²) in [6.07, 6.45) is 1.72. The van der Waals surface area contributed by atoms with Crippen LogP contribution in [0.1, 0.15) is 0 Å². The molecule has 3 rings (SSSR count). The summed E-state index contributed by atoms with van der Waals surface area (Å²) in [6, 6.07) is 13.4. The Hall–Kier alpha value is -3.66. The van der Waals surface area contributed by atoms with Crippen molar-refractivity contribution in [3.63, 3.8) is 0 Å². The van der Waals surface area contributed by atoms with E-state index in [1.807, 2.05) is 28.8 Å². The van der Waals surface area contributed by atoms with Crippen LogP contribution >= 0.6 is 11.8 Å². The first-order valence-corrected chi connectivity index (χ1v) is 9.86. The lowest BCUT2D eigenvalue weighted by molar-refractivity contribution is -0.383. The number of allylic oxidation sites excluding steroid dienone is 1. The van der Waals surface area contributed by atoms with Crippen LogP contribution in [-0.2, 0) is 11.3 Å². The molecule has 1 N–H and O–H groups in total. The molecule has 2 aromatic carbocycles. The van der Waals surface area contributed by atoms with Gasteiger partial charge >= 0.3 is 0 Å². The van der Waals surface area contributed by atoms with Gasteiger partial charge in [0.2, 0.25) is 5.91 Å². The van der Waals surface area contributed by atoms with Gasteiger partial charge in [0.25, 0.3) is 5.69 Å². The number of nitro benzene ring substituents is 1. The molecule has 0 aliphatic carbocycles. The minimum Gasteiger partial charge on any atom is -0.497 e. The second-order valence-corrected chi connectivity index (χ2v) is 6.99.